The summed E-state index contributed by atoms with van der Waals surface area (Å²) in [6.07, 6.45) is -3.32. The van der Waals surface area contributed by atoms with Crippen LogP contribution in [-0.2, 0) is 4.79 Å². The highest BCUT2D eigenvalue weighted by Gasteiger charge is 2.55. The molecule has 1 aliphatic carbocycles. The molecule has 0 aliphatic heterocycles. The maximum atomic E-state index is 12.3. The molecule has 1 fully saturated rings. The van der Waals surface area contributed by atoms with Gasteiger partial charge in [-0.3, -0.25) is 4.79 Å². The first kappa shape index (κ1) is 11.3. The summed E-state index contributed by atoms with van der Waals surface area (Å²) in [6, 6.07) is 0. The molecule has 0 heterocycles. The first-order valence-corrected chi connectivity index (χ1v) is 4.27. The van der Waals surface area contributed by atoms with E-state index in [0.717, 1.165) is 0 Å². The number of amides is 1. The lowest BCUT2D eigenvalue weighted by molar-refractivity contribution is -0.187. The standard InChI is InChI=1S/C8H13F3N2O/c1-6(3-4-6)13-5(14)7(2,12)8(9,10)11/h3-4,12H2,1-2H3,(H,13,14). The molecule has 6 heteroatoms. The normalized spacial score (nSPS) is 23.9. The van der Waals surface area contributed by atoms with Gasteiger partial charge in [-0.05, 0) is 26.7 Å². The molecule has 1 aliphatic rings. The molecule has 1 amide bonds. The maximum absolute atomic E-state index is 12.3. The lowest BCUT2D eigenvalue weighted by atomic mass is 10.0. The van der Waals surface area contributed by atoms with Gasteiger partial charge in [-0.15, -0.1) is 0 Å². The van der Waals surface area contributed by atoms with Crippen LogP contribution in [-0.4, -0.2) is 23.2 Å². The maximum Gasteiger partial charge on any atom is 0.415 e. The van der Waals surface area contributed by atoms with Crippen LogP contribution in [0.3, 0.4) is 0 Å². The van der Waals surface area contributed by atoms with E-state index in [4.69, 9.17) is 5.73 Å². The monoisotopic (exact) mass is 210 g/mol. The van der Waals surface area contributed by atoms with Crippen molar-refractivity contribution in [1.29, 1.82) is 0 Å². The number of hydrogen-bond donors (Lipinski definition) is 2. The number of carbonyl (C=O) groups is 1. The van der Waals surface area contributed by atoms with Crippen LogP contribution in [0.2, 0.25) is 0 Å². The van der Waals surface area contributed by atoms with E-state index < -0.39 is 23.2 Å². The molecule has 0 aromatic rings. The van der Waals surface area contributed by atoms with Gasteiger partial charge in [0.1, 0.15) is 0 Å². The number of alkyl halides is 3. The Hall–Kier alpha value is -0.780. The average molecular weight is 210 g/mol. The molecule has 3 nitrogen and oxygen atoms in total. The highest BCUT2D eigenvalue weighted by Crippen LogP contribution is 2.36. The highest BCUT2D eigenvalue weighted by atomic mass is 19.4. The summed E-state index contributed by atoms with van der Waals surface area (Å²) in [4.78, 5) is 11.2. The van der Waals surface area contributed by atoms with E-state index in [1.807, 2.05) is 0 Å². The number of rotatable bonds is 2. The van der Waals surface area contributed by atoms with Crippen molar-refractivity contribution in [2.24, 2.45) is 5.73 Å². The van der Waals surface area contributed by atoms with Gasteiger partial charge in [-0.2, -0.15) is 13.2 Å². The minimum atomic E-state index is -4.72. The van der Waals surface area contributed by atoms with Crippen LogP contribution in [0, 0.1) is 0 Å². The minimum Gasteiger partial charge on any atom is -0.349 e. The minimum absolute atomic E-state index is 0.483. The van der Waals surface area contributed by atoms with Crippen molar-refractivity contribution in [2.75, 3.05) is 0 Å². The third-order valence-electron chi connectivity index (χ3n) is 2.48. The molecule has 1 unspecified atom stereocenters. The van der Waals surface area contributed by atoms with E-state index in [-0.39, 0.29) is 0 Å². The third-order valence-corrected chi connectivity index (χ3v) is 2.48. The second-order valence-corrected chi connectivity index (χ2v) is 4.21. The zero-order valence-electron chi connectivity index (χ0n) is 8.03. The van der Waals surface area contributed by atoms with Gasteiger partial charge in [0, 0.05) is 5.54 Å². The summed E-state index contributed by atoms with van der Waals surface area (Å²) >= 11 is 0. The quantitative estimate of drug-likeness (QED) is 0.712. The second-order valence-electron chi connectivity index (χ2n) is 4.21. The van der Waals surface area contributed by atoms with Gasteiger partial charge in [0.05, 0.1) is 0 Å². The summed E-state index contributed by atoms with van der Waals surface area (Å²) in [5, 5.41) is 2.29. The van der Waals surface area contributed by atoms with Crippen molar-refractivity contribution in [3.05, 3.63) is 0 Å². The molecule has 0 aromatic carbocycles. The molecule has 1 saturated carbocycles. The molecule has 82 valence electrons. The van der Waals surface area contributed by atoms with Crippen LogP contribution in [0.5, 0.6) is 0 Å². The molecule has 3 N–H and O–H groups in total. The van der Waals surface area contributed by atoms with Gasteiger partial charge in [0.2, 0.25) is 5.91 Å². The zero-order valence-corrected chi connectivity index (χ0v) is 8.03. The Kier molecular flexibility index (Phi) is 2.30. The van der Waals surface area contributed by atoms with Crippen LogP contribution < -0.4 is 11.1 Å². The molecular formula is C8H13F3N2O. The van der Waals surface area contributed by atoms with Gasteiger partial charge in [-0.1, -0.05) is 0 Å². The number of hydrogen-bond acceptors (Lipinski definition) is 2. The number of halogens is 3. The van der Waals surface area contributed by atoms with E-state index in [9.17, 15) is 18.0 Å². The van der Waals surface area contributed by atoms with Gasteiger partial charge in [-0.25, -0.2) is 0 Å². The summed E-state index contributed by atoms with van der Waals surface area (Å²) in [5.41, 5.74) is 1.65. The molecule has 0 radical (unpaired) electrons. The number of nitrogens with two attached hydrogens (primary N) is 1. The van der Waals surface area contributed by atoms with Crippen LogP contribution >= 0.6 is 0 Å². The van der Waals surface area contributed by atoms with Crippen LogP contribution in [0.4, 0.5) is 13.2 Å². The molecule has 0 bridgehead atoms. The van der Waals surface area contributed by atoms with Crippen molar-refractivity contribution in [1.82, 2.24) is 5.32 Å². The molecule has 1 rings (SSSR count). The van der Waals surface area contributed by atoms with Crippen molar-refractivity contribution in [2.45, 2.75) is 43.9 Å². The Morgan fingerprint density at radius 1 is 1.43 bits per heavy atom. The van der Waals surface area contributed by atoms with Crippen molar-refractivity contribution < 1.29 is 18.0 Å². The van der Waals surface area contributed by atoms with Gasteiger partial charge in [0.15, 0.2) is 5.54 Å². The zero-order chi connectivity index (χ0) is 11.2. The molecule has 0 aromatic heterocycles. The van der Waals surface area contributed by atoms with Gasteiger partial charge in [0.25, 0.3) is 0 Å². The van der Waals surface area contributed by atoms with E-state index in [1.165, 1.54) is 0 Å². The fraction of sp³-hybridized carbons (Fsp3) is 0.875. The van der Waals surface area contributed by atoms with Crippen molar-refractivity contribution >= 4 is 5.91 Å². The van der Waals surface area contributed by atoms with Crippen LogP contribution in [0.1, 0.15) is 26.7 Å². The van der Waals surface area contributed by atoms with Gasteiger partial charge < -0.3 is 11.1 Å². The first-order valence-electron chi connectivity index (χ1n) is 4.27. The SMILES string of the molecule is CC1(NC(=O)C(C)(N)C(F)(F)F)CC1. The number of carbonyl (C=O) groups excluding carboxylic acids is 1. The Balaban J connectivity index is 2.68. The smallest absolute Gasteiger partial charge is 0.349 e. The lowest BCUT2D eigenvalue weighted by Gasteiger charge is -2.27. The Morgan fingerprint density at radius 3 is 2.14 bits per heavy atom. The van der Waals surface area contributed by atoms with Crippen LogP contribution in [0.25, 0.3) is 0 Å². The fourth-order valence-corrected chi connectivity index (χ4v) is 0.845. The molecule has 0 spiro atoms. The first-order chi connectivity index (χ1) is 6.08. The third kappa shape index (κ3) is 2.00. The summed E-state index contributed by atoms with van der Waals surface area (Å²) < 4.78 is 36.9. The van der Waals surface area contributed by atoms with E-state index in [2.05, 4.69) is 5.32 Å². The van der Waals surface area contributed by atoms with Crippen molar-refractivity contribution in [3.63, 3.8) is 0 Å². The summed E-state index contributed by atoms with van der Waals surface area (Å²) in [7, 11) is 0. The van der Waals surface area contributed by atoms with E-state index in [0.29, 0.717) is 19.8 Å². The predicted molar refractivity (Wildman–Crippen MR) is 44.4 cm³/mol. The fourth-order valence-electron chi connectivity index (χ4n) is 0.845. The Morgan fingerprint density at radius 2 is 1.86 bits per heavy atom. The summed E-state index contributed by atoms with van der Waals surface area (Å²) in [6.45, 7) is 2.37. The lowest BCUT2D eigenvalue weighted by Crippen LogP contribution is -2.62. The van der Waals surface area contributed by atoms with Gasteiger partial charge >= 0.3 is 6.18 Å². The molecule has 1 atom stereocenters. The van der Waals surface area contributed by atoms with E-state index >= 15 is 0 Å². The topological polar surface area (TPSA) is 55.1 Å². The summed E-state index contributed by atoms with van der Waals surface area (Å²) in [5.74, 6) is -1.16. The predicted octanol–water partition coefficient (Wildman–Crippen LogP) is 0.935. The average Bonchev–Trinajstić information content (AvgIpc) is 2.65. The van der Waals surface area contributed by atoms with Crippen LogP contribution in [0.15, 0.2) is 0 Å². The van der Waals surface area contributed by atoms with E-state index in [1.54, 1.807) is 6.92 Å². The largest absolute Gasteiger partial charge is 0.415 e. The van der Waals surface area contributed by atoms with Crippen molar-refractivity contribution in [3.8, 4) is 0 Å². The second kappa shape index (κ2) is 2.85. The highest BCUT2D eigenvalue weighted by molar-refractivity contribution is 5.87. The Labute approximate surface area is 79.8 Å². The molecular weight excluding hydrogens is 197 g/mol. The Bertz CT molecular complexity index is 256. The molecule has 14 heavy (non-hydrogen) atoms. The number of nitrogens with one attached hydrogen (secondary N) is 1. The molecule has 0 saturated heterocycles.